The number of benzene rings is 2. The molecule has 2 aromatic carbocycles. The van der Waals surface area contributed by atoms with Crippen molar-refractivity contribution < 1.29 is 24.5 Å². The Hall–Kier alpha value is -3.77. The van der Waals surface area contributed by atoms with Crippen molar-refractivity contribution in [2.75, 3.05) is 5.32 Å². The van der Waals surface area contributed by atoms with Crippen molar-refractivity contribution in [3.05, 3.63) is 77.3 Å². The lowest BCUT2D eigenvalue weighted by atomic mass is 10.1. The molecule has 5 unspecified atom stereocenters. The van der Waals surface area contributed by atoms with E-state index in [1.807, 2.05) is 49.4 Å². The largest absolute Gasteiger partial charge is 0.489 e. The number of ether oxygens (including phenoxy) is 2. The first-order chi connectivity index (χ1) is 17.8. The maximum Gasteiger partial charge on any atom is 0.334 e. The number of nitrogens with one attached hydrogen (secondary N) is 1. The predicted octanol–water partition coefficient (Wildman–Crippen LogP) is 2.90. The third-order valence-electron chi connectivity index (χ3n) is 6.23. The summed E-state index contributed by atoms with van der Waals surface area (Å²) in [6.07, 6.45) is -0.926. The van der Waals surface area contributed by atoms with Gasteiger partial charge < -0.3 is 30.7 Å². The summed E-state index contributed by atoms with van der Waals surface area (Å²) in [5.41, 5.74) is 8.46. The number of nitrogens with two attached hydrogens (primary N) is 1. The molecule has 0 amide bonds. The number of anilines is 1. The normalized spacial score (nSPS) is 22.2. The third kappa shape index (κ3) is 4.94. The Morgan fingerprint density at radius 2 is 2.03 bits per heavy atom. The number of aliphatic hydroxyl groups excluding tert-OH is 1. The van der Waals surface area contributed by atoms with Crippen molar-refractivity contribution in [1.29, 1.82) is 0 Å². The van der Waals surface area contributed by atoms with Gasteiger partial charge in [-0.3, -0.25) is 4.57 Å². The number of imidazole rings is 1. The van der Waals surface area contributed by atoms with Crippen LogP contribution in [0.25, 0.3) is 11.2 Å². The number of fused-ring (bicyclic) bond motifs is 1. The minimum atomic E-state index is -1.35. The Bertz CT molecular complexity index is 1420. The van der Waals surface area contributed by atoms with E-state index in [2.05, 4.69) is 20.3 Å². The summed E-state index contributed by atoms with van der Waals surface area (Å²) in [6, 6.07) is 13.9. The van der Waals surface area contributed by atoms with E-state index in [4.69, 9.17) is 26.8 Å². The highest BCUT2D eigenvalue weighted by molar-refractivity contribution is 6.30. The average Bonchev–Trinajstić information content (AvgIpc) is 3.45. The number of hydrogen-bond donors (Lipinski definition) is 4. The van der Waals surface area contributed by atoms with Gasteiger partial charge in [0.25, 0.3) is 0 Å². The van der Waals surface area contributed by atoms with E-state index in [1.165, 1.54) is 17.2 Å². The Balaban J connectivity index is 1.40. The maximum absolute atomic E-state index is 11.4. The first-order valence-corrected chi connectivity index (χ1v) is 11.9. The van der Waals surface area contributed by atoms with E-state index in [1.54, 1.807) is 6.07 Å². The number of carboxylic acids is 1. The SMILES string of the molecule is CC(Nc1ncnc2c1ncn2C1OC(C(=O)O)C(N)C1O)c1cc(Cl)ccc1OCc1ccccc1. The lowest BCUT2D eigenvalue weighted by Gasteiger charge is -2.20. The zero-order valence-corrected chi connectivity index (χ0v) is 20.5. The van der Waals surface area contributed by atoms with Crippen molar-refractivity contribution in [2.24, 2.45) is 5.73 Å². The van der Waals surface area contributed by atoms with E-state index in [9.17, 15) is 15.0 Å². The summed E-state index contributed by atoms with van der Waals surface area (Å²) in [5.74, 6) is -0.159. The fourth-order valence-corrected chi connectivity index (χ4v) is 4.48. The topological polar surface area (TPSA) is 158 Å². The minimum absolute atomic E-state index is 0.286. The van der Waals surface area contributed by atoms with Crippen LogP contribution in [0, 0.1) is 0 Å². The van der Waals surface area contributed by atoms with E-state index < -0.39 is 30.4 Å². The van der Waals surface area contributed by atoms with Crippen LogP contribution < -0.4 is 15.8 Å². The second-order valence-electron chi connectivity index (χ2n) is 8.72. The van der Waals surface area contributed by atoms with Gasteiger partial charge in [-0.25, -0.2) is 19.7 Å². The van der Waals surface area contributed by atoms with Gasteiger partial charge in [-0.05, 0) is 30.7 Å². The lowest BCUT2D eigenvalue weighted by Crippen LogP contribution is -2.43. The van der Waals surface area contributed by atoms with Crippen molar-refractivity contribution in [3.8, 4) is 5.75 Å². The Morgan fingerprint density at radius 3 is 2.76 bits per heavy atom. The van der Waals surface area contributed by atoms with Crippen LogP contribution in [-0.4, -0.2) is 54.0 Å². The highest BCUT2D eigenvalue weighted by Crippen LogP contribution is 2.34. The van der Waals surface area contributed by atoms with E-state index in [0.717, 1.165) is 11.1 Å². The minimum Gasteiger partial charge on any atom is -0.489 e. The number of nitrogens with zero attached hydrogens (tertiary/aromatic N) is 4. The molecule has 0 aliphatic carbocycles. The Morgan fingerprint density at radius 1 is 1.24 bits per heavy atom. The van der Waals surface area contributed by atoms with Crippen LogP contribution in [0.5, 0.6) is 5.75 Å². The summed E-state index contributed by atoms with van der Waals surface area (Å²) < 4.78 is 13.1. The molecule has 11 nitrogen and oxygen atoms in total. The van der Waals surface area contributed by atoms with Crippen LogP contribution in [0.2, 0.25) is 5.02 Å². The number of aliphatic carboxylic acids is 1. The van der Waals surface area contributed by atoms with Crippen molar-refractivity contribution >= 4 is 34.6 Å². The lowest BCUT2D eigenvalue weighted by molar-refractivity contribution is -0.152. The second-order valence-corrected chi connectivity index (χ2v) is 9.16. The van der Waals surface area contributed by atoms with Crippen molar-refractivity contribution in [1.82, 2.24) is 19.5 Å². The van der Waals surface area contributed by atoms with Crippen LogP contribution >= 0.6 is 11.6 Å². The molecule has 2 aromatic heterocycles. The molecule has 5 N–H and O–H groups in total. The van der Waals surface area contributed by atoms with Gasteiger partial charge in [-0.15, -0.1) is 0 Å². The number of carboxylic acid groups (broad SMARTS) is 1. The maximum atomic E-state index is 11.4. The summed E-state index contributed by atoms with van der Waals surface area (Å²) in [6.45, 7) is 2.33. The van der Waals surface area contributed by atoms with Gasteiger partial charge in [0.2, 0.25) is 0 Å². The fourth-order valence-electron chi connectivity index (χ4n) is 4.29. The summed E-state index contributed by atoms with van der Waals surface area (Å²) in [5, 5.41) is 23.7. The molecule has 1 aliphatic heterocycles. The first-order valence-electron chi connectivity index (χ1n) is 11.6. The van der Waals surface area contributed by atoms with Crippen molar-refractivity contribution in [2.45, 2.75) is 44.1 Å². The molecule has 4 aromatic rings. The number of halogens is 1. The first kappa shape index (κ1) is 24.9. The Kier molecular flexibility index (Phi) is 6.94. The molecule has 5 atom stereocenters. The molecule has 3 heterocycles. The molecule has 1 fully saturated rings. The number of aromatic nitrogens is 4. The second kappa shape index (κ2) is 10.3. The smallest absolute Gasteiger partial charge is 0.334 e. The predicted molar refractivity (Wildman–Crippen MR) is 135 cm³/mol. The number of hydrogen-bond acceptors (Lipinski definition) is 9. The van der Waals surface area contributed by atoms with Crippen LogP contribution in [0.15, 0.2) is 61.2 Å². The third-order valence-corrected chi connectivity index (χ3v) is 6.46. The molecular formula is C25H25ClN6O5. The molecule has 0 saturated carbocycles. The summed E-state index contributed by atoms with van der Waals surface area (Å²) >= 11 is 6.30. The number of aliphatic hydroxyl groups is 1. The molecule has 37 heavy (non-hydrogen) atoms. The zero-order chi connectivity index (χ0) is 26.1. The molecule has 1 saturated heterocycles. The number of rotatable bonds is 8. The quantitative estimate of drug-likeness (QED) is 0.270. The van der Waals surface area contributed by atoms with Crippen LogP contribution in [0.3, 0.4) is 0 Å². The monoisotopic (exact) mass is 524 g/mol. The van der Waals surface area contributed by atoms with Crippen LogP contribution in [-0.2, 0) is 16.1 Å². The van der Waals surface area contributed by atoms with Crippen LogP contribution in [0.1, 0.15) is 30.3 Å². The Labute approximate surface area is 216 Å². The van der Waals surface area contributed by atoms with Gasteiger partial charge >= 0.3 is 5.97 Å². The standard InChI is InChI=1S/C25H25ClN6O5/c1-13(16-9-15(26)7-8-17(16)36-10-14-5-3-2-4-6-14)31-22-19-23(29-11-28-22)32(12-30-19)24-20(33)18(27)21(37-24)25(34)35/h2-9,11-13,18,20-21,24,33H,10,27H2,1H3,(H,34,35)(H,28,29,31). The van der Waals surface area contributed by atoms with Crippen LogP contribution in [0.4, 0.5) is 5.82 Å². The zero-order valence-electron chi connectivity index (χ0n) is 19.7. The van der Waals surface area contributed by atoms with Gasteiger partial charge in [0.1, 0.15) is 24.8 Å². The molecule has 5 rings (SSSR count). The van der Waals surface area contributed by atoms with Gasteiger partial charge in [-0.1, -0.05) is 41.9 Å². The highest BCUT2D eigenvalue weighted by atomic mass is 35.5. The van der Waals surface area contributed by atoms with Gasteiger partial charge in [0, 0.05) is 10.6 Å². The molecule has 12 heteroatoms. The molecule has 0 spiro atoms. The highest BCUT2D eigenvalue weighted by Gasteiger charge is 2.46. The fraction of sp³-hybridized carbons (Fsp3) is 0.280. The summed E-state index contributed by atoms with van der Waals surface area (Å²) in [4.78, 5) is 24.4. The summed E-state index contributed by atoms with van der Waals surface area (Å²) in [7, 11) is 0. The average molecular weight is 525 g/mol. The van der Waals surface area contributed by atoms with E-state index in [0.29, 0.717) is 34.4 Å². The van der Waals surface area contributed by atoms with Gasteiger partial charge in [0.15, 0.2) is 29.3 Å². The van der Waals surface area contributed by atoms with E-state index >= 15 is 0 Å². The van der Waals surface area contributed by atoms with Crippen molar-refractivity contribution in [3.63, 3.8) is 0 Å². The molecule has 0 bridgehead atoms. The number of carbonyl (C=O) groups is 1. The molecule has 192 valence electrons. The van der Waals surface area contributed by atoms with Gasteiger partial charge in [0.05, 0.1) is 18.4 Å². The van der Waals surface area contributed by atoms with Gasteiger partial charge in [-0.2, -0.15) is 0 Å². The molecular weight excluding hydrogens is 500 g/mol. The molecule has 1 aliphatic rings. The van der Waals surface area contributed by atoms with E-state index in [-0.39, 0.29) is 6.04 Å². The molecule has 0 radical (unpaired) electrons.